The number of benzene rings is 1. The van der Waals surface area contributed by atoms with E-state index in [0.717, 1.165) is 15.9 Å². The monoisotopic (exact) mass is 400 g/mol. The van der Waals surface area contributed by atoms with Gasteiger partial charge in [-0.05, 0) is 29.9 Å². The van der Waals surface area contributed by atoms with E-state index in [1.165, 1.54) is 17.3 Å². The maximum Gasteiger partial charge on any atom is 0.230 e. The zero-order valence-electron chi connectivity index (χ0n) is 15.8. The van der Waals surface area contributed by atoms with Crippen molar-refractivity contribution >= 4 is 29.0 Å². The predicted octanol–water partition coefficient (Wildman–Crippen LogP) is 4.31. The first-order valence-electron chi connectivity index (χ1n) is 8.97. The lowest BCUT2D eigenvalue weighted by Gasteiger charge is -2.17. The molecule has 1 aromatic carbocycles. The van der Waals surface area contributed by atoms with Crippen molar-refractivity contribution in [3.63, 3.8) is 0 Å². The average Bonchev–Trinajstić information content (AvgIpc) is 3.30. The molecule has 27 heavy (non-hydrogen) atoms. The van der Waals surface area contributed by atoms with Crippen molar-refractivity contribution in [2.24, 2.45) is 5.92 Å². The van der Waals surface area contributed by atoms with Crippen LogP contribution in [0.4, 0.5) is 0 Å². The number of amides is 1. The lowest BCUT2D eigenvalue weighted by atomic mass is 10.1. The van der Waals surface area contributed by atoms with E-state index >= 15 is 0 Å². The summed E-state index contributed by atoms with van der Waals surface area (Å²) in [5.74, 6) is 1.60. The van der Waals surface area contributed by atoms with Crippen molar-refractivity contribution in [3.8, 4) is 10.7 Å². The number of aromatic nitrogens is 3. The van der Waals surface area contributed by atoms with Crippen molar-refractivity contribution in [3.05, 3.63) is 53.4 Å². The minimum Gasteiger partial charge on any atom is -0.353 e. The Bertz CT molecular complexity index is 860. The first kappa shape index (κ1) is 19.6. The number of rotatable bonds is 8. The lowest BCUT2D eigenvalue weighted by molar-refractivity contribution is -0.119. The van der Waals surface area contributed by atoms with Gasteiger partial charge in [0.2, 0.25) is 5.91 Å². The molecule has 7 heteroatoms. The highest BCUT2D eigenvalue weighted by Crippen LogP contribution is 2.28. The molecule has 0 spiro atoms. The Morgan fingerprint density at radius 3 is 2.59 bits per heavy atom. The number of hydrogen-bond donors (Lipinski definition) is 1. The van der Waals surface area contributed by atoms with Gasteiger partial charge in [0.25, 0.3) is 0 Å². The van der Waals surface area contributed by atoms with E-state index in [1.54, 1.807) is 11.3 Å². The first-order chi connectivity index (χ1) is 13.0. The van der Waals surface area contributed by atoms with E-state index in [1.807, 2.05) is 42.6 Å². The number of thiophene rings is 1. The van der Waals surface area contributed by atoms with Crippen LogP contribution < -0.4 is 5.32 Å². The van der Waals surface area contributed by atoms with Gasteiger partial charge in [-0.3, -0.25) is 9.36 Å². The van der Waals surface area contributed by atoms with E-state index in [4.69, 9.17) is 0 Å². The second-order valence-electron chi connectivity index (χ2n) is 6.74. The molecule has 142 valence electrons. The highest BCUT2D eigenvalue weighted by atomic mass is 32.2. The Kier molecular flexibility index (Phi) is 6.68. The fourth-order valence-electron chi connectivity index (χ4n) is 2.48. The van der Waals surface area contributed by atoms with Crippen molar-refractivity contribution in [1.29, 1.82) is 0 Å². The maximum atomic E-state index is 12.2. The molecule has 0 aliphatic heterocycles. The number of nitrogens with one attached hydrogen (secondary N) is 1. The first-order valence-corrected chi connectivity index (χ1v) is 10.8. The van der Waals surface area contributed by atoms with Crippen LogP contribution in [0.25, 0.3) is 10.7 Å². The molecule has 1 amide bonds. The quantitative estimate of drug-likeness (QED) is 0.573. The Balaban J connectivity index is 1.77. The molecular formula is C20H24N4OS2. The summed E-state index contributed by atoms with van der Waals surface area (Å²) in [4.78, 5) is 13.3. The van der Waals surface area contributed by atoms with Gasteiger partial charge in [0.1, 0.15) is 0 Å². The fourth-order valence-corrected chi connectivity index (χ4v) is 3.95. The molecule has 0 aliphatic rings. The second kappa shape index (κ2) is 9.19. The highest BCUT2D eigenvalue weighted by Gasteiger charge is 2.17. The molecule has 0 bridgehead atoms. The van der Waals surface area contributed by atoms with Gasteiger partial charge in [-0.1, -0.05) is 62.0 Å². The maximum absolute atomic E-state index is 12.2. The molecule has 0 radical (unpaired) electrons. The van der Waals surface area contributed by atoms with Gasteiger partial charge in [0.15, 0.2) is 11.0 Å². The molecule has 0 aliphatic carbocycles. The van der Waals surface area contributed by atoms with Crippen LogP contribution in [0.2, 0.25) is 0 Å². The summed E-state index contributed by atoms with van der Waals surface area (Å²) < 4.78 is 2.09. The third-order valence-corrected chi connectivity index (χ3v) is 6.20. The SMILES string of the molecule is CC(C)[C@@H](C)NC(=O)CSc1nnc(-c2cccs2)n1Cc1ccccc1. The van der Waals surface area contributed by atoms with Gasteiger partial charge >= 0.3 is 0 Å². The molecule has 3 aromatic rings. The molecule has 2 aromatic heterocycles. The molecule has 0 saturated carbocycles. The van der Waals surface area contributed by atoms with Crippen LogP contribution >= 0.6 is 23.1 Å². The van der Waals surface area contributed by atoms with Gasteiger partial charge < -0.3 is 5.32 Å². The molecule has 0 saturated heterocycles. The van der Waals surface area contributed by atoms with E-state index < -0.39 is 0 Å². The third-order valence-electron chi connectivity index (χ3n) is 4.36. The predicted molar refractivity (Wildman–Crippen MR) is 112 cm³/mol. The van der Waals surface area contributed by atoms with Crippen LogP contribution in [-0.2, 0) is 11.3 Å². The van der Waals surface area contributed by atoms with Crippen molar-refractivity contribution in [2.45, 2.75) is 38.5 Å². The summed E-state index contributed by atoms with van der Waals surface area (Å²) >= 11 is 3.07. The smallest absolute Gasteiger partial charge is 0.230 e. The van der Waals surface area contributed by atoms with Gasteiger partial charge in [0.05, 0.1) is 17.2 Å². The lowest BCUT2D eigenvalue weighted by Crippen LogP contribution is -2.37. The summed E-state index contributed by atoms with van der Waals surface area (Å²) in [5, 5.41) is 14.6. The summed E-state index contributed by atoms with van der Waals surface area (Å²) in [6.45, 7) is 6.90. The van der Waals surface area contributed by atoms with E-state index in [9.17, 15) is 4.79 Å². The fraction of sp³-hybridized carbons (Fsp3) is 0.350. The molecule has 0 unspecified atom stereocenters. The number of carbonyl (C=O) groups excluding carboxylic acids is 1. The van der Waals surface area contributed by atoms with E-state index in [-0.39, 0.29) is 11.9 Å². The minimum atomic E-state index is 0.0214. The molecule has 1 atom stereocenters. The molecular weight excluding hydrogens is 376 g/mol. The van der Waals surface area contributed by atoms with Crippen molar-refractivity contribution in [1.82, 2.24) is 20.1 Å². The standard InChI is InChI=1S/C20H24N4OS2/c1-14(2)15(3)21-18(25)13-27-20-23-22-19(17-10-7-11-26-17)24(20)12-16-8-5-4-6-9-16/h4-11,14-15H,12-13H2,1-3H3,(H,21,25)/t15-/m1/s1. The normalized spacial score (nSPS) is 12.3. The molecule has 0 fully saturated rings. The van der Waals surface area contributed by atoms with Crippen LogP contribution in [-0.4, -0.2) is 32.5 Å². The molecule has 1 N–H and O–H groups in total. The van der Waals surface area contributed by atoms with Crippen LogP contribution in [0.5, 0.6) is 0 Å². The highest BCUT2D eigenvalue weighted by molar-refractivity contribution is 7.99. The summed E-state index contributed by atoms with van der Waals surface area (Å²) in [6.07, 6.45) is 0. The van der Waals surface area contributed by atoms with Crippen LogP contribution in [0.3, 0.4) is 0 Å². The van der Waals surface area contributed by atoms with Gasteiger partial charge in [0, 0.05) is 6.04 Å². The summed E-state index contributed by atoms with van der Waals surface area (Å²) in [7, 11) is 0. The Labute approximate surface area is 168 Å². The molecule has 5 nitrogen and oxygen atoms in total. The Morgan fingerprint density at radius 2 is 1.93 bits per heavy atom. The zero-order valence-corrected chi connectivity index (χ0v) is 17.4. The van der Waals surface area contributed by atoms with Crippen molar-refractivity contribution in [2.75, 3.05) is 5.75 Å². The molecule has 2 heterocycles. The van der Waals surface area contributed by atoms with Crippen LogP contribution in [0.15, 0.2) is 53.0 Å². The van der Waals surface area contributed by atoms with Gasteiger partial charge in [-0.15, -0.1) is 21.5 Å². The van der Waals surface area contributed by atoms with Crippen LogP contribution in [0.1, 0.15) is 26.3 Å². The average molecular weight is 401 g/mol. The number of carbonyl (C=O) groups is 1. The molecule has 3 rings (SSSR count). The second-order valence-corrected chi connectivity index (χ2v) is 8.63. The third kappa shape index (κ3) is 5.20. The summed E-state index contributed by atoms with van der Waals surface area (Å²) in [6, 6.07) is 14.4. The Morgan fingerprint density at radius 1 is 1.15 bits per heavy atom. The minimum absolute atomic E-state index is 0.0214. The van der Waals surface area contributed by atoms with E-state index in [2.05, 4.69) is 46.1 Å². The number of hydrogen-bond acceptors (Lipinski definition) is 5. The zero-order chi connectivity index (χ0) is 19.2. The van der Waals surface area contributed by atoms with Crippen LogP contribution in [0, 0.1) is 5.92 Å². The van der Waals surface area contributed by atoms with Gasteiger partial charge in [-0.25, -0.2) is 0 Å². The topological polar surface area (TPSA) is 59.8 Å². The summed E-state index contributed by atoms with van der Waals surface area (Å²) in [5.41, 5.74) is 1.18. The number of thioether (sulfide) groups is 1. The van der Waals surface area contributed by atoms with Crippen molar-refractivity contribution < 1.29 is 4.79 Å². The van der Waals surface area contributed by atoms with E-state index in [0.29, 0.717) is 18.2 Å². The number of nitrogens with zero attached hydrogens (tertiary/aromatic N) is 3. The Hall–Kier alpha value is -2.12. The largest absolute Gasteiger partial charge is 0.353 e. The van der Waals surface area contributed by atoms with Gasteiger partial charge in [-0.2, -0.15) is 0 Å².